The van der Waals surface area contributed by atoms with E-state index in [-0.39, 0.29) is 17.2 Å². The maximum Gasteiger partial charge on any atom is 0.272 e. The largest absolute Gasteiger partial charge is 0.366 e. The van der Waals surface area contributed by atoms with Gasteiger partial charge in [0.2, 0.25) is 0 Å². The van der Waals surface area contributed by atoms with Crippen molar-refractivity contribution in [3.63, 3.8) is 0 Å². The van der Waals surface area contributed by atoms with E-state index >= 15 is 0 Å². The van der Waals surface area contributed by atoms with Crippen LogP contribution in [0.1, 0.15) is 26.5 Å². The first-order chi connectivity index (χ1) is 6.93. The number of carbonyl (C=O) groups is 2. The maximum atomic E-state index is 11.7. The summed E-state index contributed by atoms with van der Waals surface area (Å²) in [7, 11) is 3.19. The second-order valence-electron chi connectivity index (χ2n) is 3.41. The highest BCUT2D eigenvalue weighted by atomic mass is 16.2. The van der Waals surface area contributed by atoms with Crippen LogP contribution in [0.4, 0.5) is 0 Å². The van der Waals surface area contributed by atoms with Gasteiger partial charge in [-0.1, -0.05) is 0 Å². The lowest BCUT2D eigenvalue weighted by molar-refractivity contribution is 0.0814. The van der Waals surface area contributed by atoms with Gasteiger partial charge < -0.3 is 10.6 Å². The number of hydrogen-bond donors (Lipinski definition) is 1. The molecule has 1 rings (SSSR count). The zero-order valence-corrected chi connectivity index (χ0v) is 8.94. The highest BCUT2D eigenvalue weighted by molar-refractivity contribution is 6.05. The van der Waals surface area contributed by atoms with E-state index < -0.39 is 5.91 Å². The third-order valence-corrected chi connectivity index (χ3v) is 1.91. The lowest BCUT2D eigenvalue weighted by Crippen LogP contribution is -2.27. The molecule has 1 aromatic rings. The molecule has 0 aromatic carbocycles. The number of aryl methyl sites for hydroxylation is 1. The Labute approximate surface area is 87.9 Å². The van der Waals surface area contributed by atoms with E-state index in [1.165, 1.54) is 11.0 Å². The smallest absolute Gasteiger partial charge is 0.272 e. The fourth-order valence-corrected chi connectivity index (χ4v) is 1.13. The summed E-state index contributed by atoms with van der Waals surface area (Å²) in [5, 5.41) is 0. The summed E-state index contributed by atoms with van der Waals surface area (Å²) in [6, 6.07) is 3.16. The van der Waals surface area contributed by atoms with E-state index in [0.29, 0.717) is 5.69 Å². The van der Waals surface area contributed by atoms with Gasteiger partial charge in [-0.3, -0.25) is 9.59 Å². The van der Waals surface area contributed by atoms with Crippen LogP contribution in [0, 0.1) is 6.92 Å². The number of nitrogens with two attached hydrogens (primary N) is 1. The number of primary amides is 1. The Morgan fingerprint density at radius 3 is 2.40 bits per heavy atom. The average molecular weight is 207 g/mol. The third kappa shape index (κ3) is 2.31. The Hall–Kier alpha value is -1.91. The number of amides is 2. The normalized spacial score (nSPS) is 9.80. The molecular formula is C10H13N3O2. The van der Waals surface area contributed by atoms with Crippen LogP contribution < -0.4 is 5.73 Å². The molecule has 1 aromatic heterocycles. The van der Waals surface area contributed by atoms with Crippen molar-refractivity contribution in [1.82, 2.24) is 9.88 Å². The minimum Gasteiger partial charge on any atom is -0.366 e. The third-order valence-electron chi connectivity index (χ3n) is 1.91. The predicted molar refractivity (Wildman–Crippen MR) is 55.5 cm³/mol. The molecular weight excluding hydrogens is 194 g/mol. The molecule has 2 N–H and O–H groups in total. The second kappa shape index (κ2) is 4.08. The second-order valence-corrected chi connectivity index (χ2v) is 3.41. The summed E-state index contributed by atoms with van der Waals surface area (Å²) in [6.45, 7) is 1.75. The highest BCUT2D eigenvalue weighted by Gasteiger charge is 2.18. The van der Waals surface area contributed by atoms with Crippen molar-refractivity contribution < 1.29 is 9.59 Å². The molecule has 0 radical (unpaired) electrons. The van der Waals surface area contributed by atoms with Gasteiger partial charge in [0.25, 0.3) is 11.8 Å². The van der Waals surface area contributed by atoms with E-state index in [0.717, 1.165) is 0 Å². The van der Waals surface area contributed by atoms with Crippen LogP contribution in [-0.2, 0) is 0 Å². The Bertz CT molecular complexity index is 413. The molecule has 2 amide bonds. The van der Waals surface area contributed by atoms with Gasteiger partial charge in [0.15, 0.2) is 0 Å². The molecule has 5 nitrogen and oxygen atoms in total. The lowest BCUT2D eigenvalue weighted by Gasteiger charge is -2.12. The maximum absolute atomic E-state index is 11.7. The summed E-state index contributed by atoms with van der Waals surface area (Å²) in [5.41, 5.74) is 6.08. The number of rotatable bonds is 2. The molecule has 80 valence electrons. The van der Waals surface area contributed by atoms with Crippen molar-refractivity contribution in [3.8, 4) is 0 Å². The number of aromatic nitrogens is 1. The van der Waals surface area contributed by atoms with Crippen molar-refractivity contribution in [2.75, 3.05) is 14.1 Å². The zero-order valence-electron chi connectivity index (χ0n) is 8.94. The number of pyridine rings is 1. The lowest BCUT2D eigenvalue weighted by atomic mass is 10.1. The number of hydrogen-bond acceptors (Lipinski definition) is 3. The molecule has 0 atom stereocenters. The Morgan fingerprint density at radius 2 is 1.93 bits per heavy atom. The van der Waals surface area contributed by atoms with E-state index in [2.05, 4.69) is 4.98 Å². The molecule has 0 aliphatic carbocycles. The summed E-state index contributed by atoms with van der Waals surface area (Å²) in [6.07, 6.45) is 0. The van der Waals surface area contributed by atoms with Crippen LogP contribution in [0.2, 0.25) is 0 Å². The van der Waals surface area contributed by atoms with Crippen LogP contribution in [0.25, 0.3) is 0 Å². The molecule has 0 unspecified atom stereocenters. The molecule has 0 aliphatic rings. The minimum atomic E-state index is -0.646. The molecule has 0 aliphatic heterocycles. The topological polar surface area (TPSA) is 76.3 Å². The van der Waals surface area contributed by atoms with Gasteiger partial charge in [-0.25, -0.2) is 4.98 Å². The summed E-state index contributed by atoms with van der Waals surface area (Å²) in [4.78, 5) is 28.1. The van der Waals surface area contributed by atoms with Gasteiger partial charge in [-0.05, 0) is 19.1 Å². The standard InChI is InChI=1S/C10H13N3O2/c1-6-4-5-7(9(11)14)8(12-6)10(15)13(2)3/h4-5H,1-3H3,(H2,11,14). The van der Waals surface area contributed by atoms with Crippen LogP contribution >= 0.6 is 0 Å². The van der Waals surface area contributed by atoms with Gasteiger partial charge in [0.1, 0.15) is 5.69 Å². The first-order valence-corrected chi connectivity index (χ1v) is 4.42. The fraction of sp³-hybridized carbons (Fsp3) is 0.300. The first-order valence-electron chi connectivity index (χ1n) is 4.42. The molecule has 0 fully saturated rings. The molecule has 0 bridgehead atoms. The van der Waals surface area contributed by atoms with Crippen molar-refractivity contribution in [1.29, 1.82) is 0 Å². The fourth-order valence-electron chi connectivity index (χ4n) is 1.13. The highest BCUT2D eigenvalue weighted by Crippen LogP contribution is 2.08. The molecule has 5 heteroatoms. The molecule has 15 heavy (non-hydrogen) atoms. The van der Waals surface area contributed by atoms with Crippen LogP contribution in [0.3, 0.4) is 0 Å². The number of nitrogens with zero attached hydrogens (tertiary/aromatic N) is 2. The SMILES string of the molecule is Cc1ccc(C(N)=O)c(C(=O)N(C)C)n1. The monoisotopic (exact) mass is 207 g/mol. The molecule has 0 saturated heterocycles. The van der Waals surface area contributed by atoms with Crippen molar-refractivity contribution in [3.05, 3.63) is 29.1 Å². The predicted octanol–water partition coefficient (Wildman–Crippen LogP) is 0.191. The Kier molecular flexibility index (Phi) is 3.04. The quantitative estimate of drug-likeness (QED) is 0.752. The Morgan fingerprint density at radius 1 is 1.33 bits per heavy atom. The van der Waals surface area contributed by atoms with Crippen LogP contribution in [0.5, 0.6) is 0 Å². The molecule has 0 spiro atoms. The van der Waals surface area contributed by atoms with Gasteiger partial charge in [0.05, 0.1) is 5.56 Å². The van der Waals surface area contributed by atoms with E-state index in [4.69, 9.17) is 5.73 Å². The number of carbonyl (C=O) groups excluding carboxylic acids is 2. The minimum absolute atomic E-state index is 0.104. The van der Waals surface area contributed by atoms with E-state index in [1.807, 2.05) is 0 Å². The van der Waals surface area contributed by atoms with Crippen molar-refractivity contribution >= 4 is 11.8 Å². The zero-order chi connectivity index (χ0) is 11.6. The van der Waals surface area contributed by atoms with Crippen LogP contribution in [-0.4, -0.2) is 35.8 Å². The molecule has 0 saturated carbocycles. The average Bonchev–Trinajstić information content (AvgIpc) is 2.15. The molecule has 1 heterocycles. The van der Waals surface area contributed by atoms with Gasteiger partial charge in [-0.15, -0.1) is 0 Å². The van der Waals surface area contributed by atoms with Gasteiger partial charge >= 0.3 is 0 Å². The van der Waals surface area contributed by atoms with Gasteiger partial charge in [0, 0.05) is 19.8 Å². The first kappa shape index (κ1) is 11.2. The summed E-state index contributed by atoms with van der Waals surface area (Å²) >= 11 is 0. The Balaban J connectivity index is 3.30. The van der Waals surface area contributed by atoms with E-state index in [9.17, 15) is 9.59 Å². The van der Waals surface area contributed by atoms with Crippen molar-refractivity contribution in [2.24, 2.45) is 5.73 Å². The summed E-state index contributed by atoms with van der Waals surface area (Å²) in [5.74, 6) is -0.972. The summed E-state index contributed by atoms with van der Waals surface area (Å²) < 4.78 is 0. The van der Waals surface area contributed by atoms with Crippen LogP contribution in [0.15, 0.2) is 12.1 Å². The van der Waals surface area contributed by atoms with E-state index in [1.54, 1.807) is 27.1 Å². The van der Waals surface area contributed by atoms with Gasteiger partial charge in [-0.2, -0.15) is 0 Å². The van der Waals surface area contributed by atoms with Crippen molar-refractivity contribution in [2.45, 2.75) is 6.92 Å².